The van der Waals surface area contributed by atoms with E-state index in [2.05, 4.69) is 43.9 Å². The lowest BCUT2D eigenvalue weighted by Gasteiger charge is -2.14. The van der Waals surface area contributed by atoms with Crippen LogP contribution in [0, 0.1) is 5.92 Å². The molecule has 8 heteroatoms. The first-order chi connectivity index (χ1) is 15.3. The zero-order valence-electron chi connectivity index (χ0n) is 18.9. The summed E-state index contributed by atoms with van der Waals surface area (Å²) in [5.74, 6) is 1.38. The van der Waals surface area contributed by atoms with Crippen molar-refractivity contribution in [1.82, 2.24) is 16.2 Å². The van der Waals surface area contributed by atoms with Crippen LogP contribution in [0.4, 0.5) is 0 Å². The van der Waals surface area contributed by atoms with Crippen molar-refractivity contribution in [2.45, 2.75) is 40.0 Å². The molecule has 0 aliphatic heterocycles. The third-order valence-electron chi connectivity index (χ3n) is 4.52. The smallest absolute Gasteiger partial charge is 0.276 e. The van der Waals surface area contributed by atoms with Crippen LogP contribution in [0.1, 0.15) is 56.0 Å². The van der Waals surface area contributed by atoms with Crippen molar-refractivity contribution in [3.8, 4) is 11.5 Å². The summed E-state index contributed by atoms with van der Waals surface area (Å²) in [5.41, 5.74) is 6.35. The molecule has 0 heterocycles. The van der Waals surface area contributed by atoms with Crippen molar-refractivity contribution in [3.05, 3.63) is 59.7 Å². The number of benzene rings is 2. The number of thiocarbonyl (C=S) groups is 1. The molecule has 0 saturated heterocycles. The Hall–Kier alpha value is -3.13. The number of ether oxygens (including phenoxy) is 2. The molecule has 172 valence electrons. The van der Waals surface area contributed by atoms with Gasteiger partial charge in [0.05, 0.1) is 6.61 Å². The third-order valence-corrected chi connectivity index (χ3v) is 4.73. The normalized spacial score (nSPS) is 10.6. The molecular formula is C24H31N3O4S. The standard InChI is InChI=1S/C24H31N3O4S/c1-16(2)13-14-30-19-11-9-18(10-12-19)23(29)25-24(32)27-26-22(28)15-31-21-8-6-5-7-20(21)17(3)4/h5-12,16-17H,13-15H2,1-4H3,(H,26,28)(H2,25,27,29,32). The van der Waals surface area contributed by atoms with Crippen LogP contribution in [0.3, 0.4) is 0 Å². The van der Waals surface area contributed by atoms with Crippen LogP contribution in [-0.2, 0) is 4.79 Å². The predicted octanol–water partition coefficient (Wildman–Crippen LogP) is 3.95. The molecule has 0 aliphatic rings. The molecule has 2 aromatic carbocycles. The number of nitrogens with one attached hydrogen (secondary N) is 3. The van der Waals surface area contributed by atoms with Crippen LogP contribution >= 0.6 is 12.2 Å². The van der Waals surface area contributed by atoms with Gasteiger partial charge in [-0.1, -0.05) is 45.9 Å². The summed E-state index contributed by atoms with van der Waals surface area (Å²) in [6.07, 6.45) is 0.961. The van der Waals surface area contributed by atoms with E-state index in [1.165, 1.54) is 0 Å². The molecule has 0 spiro atoms. The molecule has 0 saturated carbocycles. The molecular weight excluding hydrogens is 426 g/mol. The summed E-state index contributed by atoms with van der Waals surface area (Å²) in [5, 5.41) is 2.49. The number of para-hydroxylation sites is 1. The second kappa shape index (κ2) is 12.7. The third kappa shape index (κ3) is 8.55. The van der Waals surface area contributed by atoms with Crippen LogP contribution < -0.4 is 25.6 Å². The van der Waals surface area contributed by atoms with E-state index >= 15 is 0 Å². The van der Waals surface area contributed by atoms with Gasteiger partial charge >= 0.3 is 0 Å². The summed E-state index contributed by atoms with van der Waals surface area (Å²) >= 11 is 5.07. The summed E-state index contributed by atoms with van der Waals surface area (Å²) < 4.78 is 11.2. The Morgan fingerprint density at radius 3 is 2.28 bits per heavy atom. The maximum absolute atomic E-state index is 12.3. The lowest BCUT2D eigenvalue weighted by atomic mass is 10.0. The lowest BCUT2D eigenvalue weighted by molar-refractivity contribution is -0.123. The Bertz CT molecular complexity index is 914. The number of hydrogen-bond acceptors (Lipinski definition) is 5. The van der Waals surface area contributed by atoms with E-state index in [9.17, 15) is 9.59 Å². The van der Waals surface area contributed by atoms with E-state index in [0.717, 1.165) is 12.0 Å². The van der Waals surface area contributed by atoms with Gasteiger partial charge < -0.3 is 9.47 Å². The SMILES string of the molecule is CC(C)CCOc1ccc(C(=O)NC(=S)NNC(=O)COc2ccccc2C(C)C)cc1. The minimum atomic E-state index is -0.428. The van der Waals surface area contributed by atoms with Gasteiger partial charge in [0.1, 0.15) is 11.5 Å². The number of rotatable bonds is 9. The monoisotopic (exact) mass is 457 g/mol. The molecule has 0 atom stereocenters. The number of hydrogen-bond donors (Lipinski definition) is 3. The van der Waals surface area contributed by atoms with Gasteiger partial charge in [-0.2, -0.15) is 0 Å². The number of carbonyl (C=O) groups is 2. The van der Waals surface area contributed by atoms with E-state index in [4.69, 9.17) is 21.7 Å². The number of hydrazine groups is 1. The number of amides is 2. The molecule has 0 unspecified atom stereocenters. The highest BCUT2D eigenvalue weighted by atomic mass is 32.1. The Labute approximate surface area is 194 Å². The average molecular weight is 458 g/mol. The molecule has 0 aliphatic carbocycles. The molecule has 2 aromatic rings. The maximum Gasteiger partial charge on any atom is 0.276 e. The topological polar surface area (TPSA) is 88.7 Å². The first kappa shape index (κ1) is 25.1. The van der Waals surface area contributed by atoms with Gasteiger partial charge in [-0.05, 0) is 66.4 Å². The van der Waals surface area contributed by atoms with Crippen LogP contribution in [-0.4, -0.2) is 30.1 Å². The van der Waals surface area contributed by atoms with Gasteiger partial charge in [0.15, 0.2) is 11.7 Å². The van der Waals surface area contributed by atoms with Crippen LogP contribution in [0.15, 0.2) is 48.5 Å². The zero-order chi connectivity index (χ0) is 23.5. The Morgan fingerprint density at radius 1 is 0.938 bits per heavy atom. The van der Waals surface area contributed by atoms with E-state index in [0.29, 0.717) is 29.6 Å². The predicted molar refractivity (Wildman–Crippen MR) is 129 cm³/mol. The second-order valence-electron chi connectivity index (χ2n) is 7.99. The van der Waals surface area contributed by atoms with Crippen molar-refractivity contribution >= 4 is 29.1 Å². The summed E-state index contributed by atoms with van der Waals surface area (Å²) in [7, 11) is 0. The van der Waals surface area contributed by atoms with E-state index in [1.807, 2.05) is 24.3 Å². The fraction of sp³-hybridized carbons (Fsp3) is 0.375. The van der Waals surface area contributed by atoms with Crippen molar-refractivity contribution in [3.63, 3.8) is 0 Å². The Kier molecular flexibility index (Phi) is 9.94. The van der Waals surface area contributed by atoms with Crippen LogP contribution in [0.2, 0.25) is 0 Å². The van der Waals surface area contributed by atoms with Gasteiger partial charge in [-0.25, -0.2) is 0 Å². The molecule has 0 aromatic heterocycles. The maximum atomic E-state index is 12.3. The van der Waals surface area contributed by atoms with Gasteiger partial charge in [0.25, 0.3) is 11.8 Å². The molecule has 2 amide bonds. The largest absolute Gasteiger partial charge is 0.494 e. The fourth-order valence-corrected chi connectivity index (χ4v) is 2.86. The minimum absolute atomic E-state index is 0.0248. The summed E-state index contributed by atoms with van der Waals surface area (Å²) in [6.45, 7) is 8.82. The van der Waals surface area contributed by atoms with Gasteiger partial charge in [-0.3, -0.25) is 25.8 Å². The van der Waals surface area contributed by atoms with Crippen LogP contribution in [0.25, 0.3) is 0 Å². The highest BCUT2D eigenvalue weighted by Gasteiger charge is 2.11. The zero-order valence-corrected chi connectivity index (χ0v) is 19.8. The Balaban J connectivity index is 1.74. The van der Waals surface area contributed by atoms with Crippen LogP contribution in [0.5, 0.6) is 11.5 Å². The second-order valence-corrected chi connectivity index (χ2v) is 8.40. The van der Waals surface area contributed by atoms with E-state index < -0.39 is 11.8 Å². The van der Waals surface area contributed by atoms with Crippen molar-refractivity contribution in [2.75, 3.05) is 13.2 Å². The Morgan fingerprint density at radius 2 is 1.62 bits per heavy atom. The molecule has 0 bridgehead atoms. The van der Waals surface area contributed by atoms with Crippen molar-refractivity contribution in [2.24, 2.45) is 5.92 Å². The van der Waals surface area contributed by atoms with Gasteiger partial charge in [-0.15, -0.1) is 0 Å². The van der Waals surface area contributed by atoms with Crippen molar-refractivity contribution in [1.29, 1.82) is 0 Å². The first-order valence-corrected chi connectivity index (χ1v) is 11.0. The molecule has 7 nitrogen and oxygen atoms in total. The highest BCUT2D eigenvalue weighted by Crippen LogP contribution is 2.25. The fourth-order valence-electron chi connectivity index (χ4n) is 2.72. The highest BCUT2D eigenvalue weighted by molar-refractivity contribution is 7.80. The molecule has 0 fully saturated rings. The minimum Gasteiger partial charge on any atom is -0.494 e. The molecule has 3 N–H and O–H groups in total. The van der Waals surface area contributed by atoms with Crippen molar-refractivity contribution < 1.29 is 19.1 Å². The molecule has 0 radical (unpaired) electrons. The first-order valence-electron chi connectivity index (χ1n) is 10.6. The van der Waals surface area contributed by atoms with Gasteiger partial charge in [0, 0.05) is 5.56 Å². The molecule has 2 rings (SSSR count). The summed E-state index contributed by atoms with van der Waals surface area (Å²) in [6, 6.07) is 14.3. The average Bonchev–Trinajstić information content (AvgIpc) is 2.76. The molecule has 32 heavy (non-hydrogen) atoms. The van der Waals surface area contributed by atoms with E-state index in [1.54, 1.807) is 24.3 Å². The quantitative estimate of drug-likeness (QED) is 0.390. The number of carbonyl (C=O) groups excluding carboxylic acids is 2. The van der Waals surface area contributed by atoms with Gasteiger partial charge in [0.2, 0.25) is 0 Å². The lowest BCUT2D eigenvalue weighted by Crippen LogP contribution is -2.49. The van der Waals surface area contributed by atoms with E-state index in [-0.39, 0.29) is 17.6 Å². The summed E-state index contributed by atoms with van der Waals surface area (Å²) in [4.78, 5) is 24.3.